The largest absolute Gasteiger partial charge is 0.468 e. The molecule has 0 aliphatic carbocycles. The first-order chi connectivity index (χ1) is 9.22. The van der Waals surface area contributed by atoms with Crippen LogP contribution in [-0.2, 0) is 16.1 Å². The van der Waals surface area contributed by atoms with Crippen LogP contribution >= 0.6 is 0 Å². The molecule has 5 heteroatoms. The molecular formula is C14H17N3O2. The second-order valence-corrected chi connectivity index (χ2v) is 4.21. The minimum Gasteiger partial charge on any atom is -0.468 e. The summed E-state index contributed by atoms with van der Waals surface area (Å²) in [6, 6.07) is 9.47. The summed E-state index contributed by atoms with van der Waals surface area (Å²) < 4.78 is 6.49. The monoisotopic (exact) mass is 259 g/mol. The summed E-state index contributed by atoms with van der Waals surface area (Å²) >= 11 is 0. The highest BCUT2D eigenvalue weighted by atomic mass is 16.5. The Kier molecular flexibility index (Phi) is 4.30. The maximum Gasteiger partial charge on any atom is 0.322 e. The minimum atomic E-state index is -0.337. The van der Waals surface area contributed by atoms with Gasteiger partial charge >= 0.3 is 5.97 Å². The first-order valence-corrected chi connectivity index (χ1v) is 6.11. The van der Waals surface area contributed by atoms with Crippen molar-refractivity contribution in [1.29, 1.82) is 0 Å². The first kappa shape index (κ1) is 13.3. The number of para-hydroxylation sites is 1. The van der Waals surface area contributed by atoms with E-state index < -0.39 is 0 Å². The first-order valence-electron chi connectivity index (χ1n) is 6.11. The van der Waals surface area contributed by atoms with Crippen molar-refractivity contribution in [3.63, 3.8) is 0 Å². The molecule has 2 rings (SSSR count). The standard InChI is InChI=1S/C14H17N3O2/c1-11(14(18)19-2)15-10-12-6-3-4-7-13(12)17-9-5-8-16-17/h3-9,11,15H,10H2,1-2H3. The van der Waals surface area contributed by atoms with Crippen LogP contribution in [0.15, 0.2) is 42.7 Å². The third-order valence-electron chi connectivity index (χ3n) is 2.90. The van der Waals surface area contributed by atoms with Crippen LogP contribution in [0.1, 0.15) is 12.5 Å². The fourth-order valence-corrected chi connectivity index (χ4v) is 1.82. The maximum absolute atomic E-state index is 11.3. The highest BCUT2D eigenvalue weighted by Gasteiger charge is 2.13. The van der Waals surface area contributed by atoms with Gasteiger partial charge in [0.1, 0.15) is 6.04 Å². The van der Waals surface area contributed by atoms with Crippen molar-refractivity contribution in [2.45, 2.75) is 19.5 Å². The van der Waals surface area contributed by atoms with Gasteiger partial charge < -0.3 is 10.1 Å². The van der Waals surface area contributed by atoms with Crippen LogP contribution < -0.4 is 5.32 Å². The predicted molar refractivity (Wildman–Crippen MR) is 71.9 cm³/mol. The van der Waals surface area contributed by atoms with Crippen LogP contribution in [0.5, 0.6) is 0 Å². The molecule has 0 saturated carbocycles. The number of rotatable bonds is 5. The van der Waals surface area contributed by atoms with E-state index in [-0.39, 0.29) is 12.0 Å². The average molecular weight is 259 g/mol. The van der Waals surface area contributed by atoms with E-state index in [0.717, 1.165) is 11.3 Å². The maximum atomic E-state index is 11.3. The van der Waals surface area contributed by atoms with Gasteiger partial charge in [0.2, 0.25) is 0 Å². The van der Waals surface area contributed by atoms with Crippen molar-refractivity contribution >= 4 is 5.97 Å². The smallest absolute Gasteiger partial charge is 0.322 e. The van der Waals surface area contributed by atoms with Crippen LogP contribution in [0.2, 0.25) is 0 Å². The highest BCUT2D eigenvalue weighted by molar-refractivity contribution is 5.75. The fraction of sp³-hybridized carbons (Fsp3) is 0.286. The Hall–Kier alpha value is -2.14. The van der Waals surface area contributed by atoms with Crippen LogP contribution in [0, 0.1) is 0 Å². The molecular weight excluding hydrogens is 242 g/mol. The van der Waals surface area contributed by atoms with E-state index in [2.05, 4.69) is 15.2 Å². The Labute approximate surface area is 112 Å². The summed E-state index contributed by atoms with van der Waals surface area (Å²) in [4.78, 5) is 11.3. The van der Waals surface area contributed by atoms with E-state index in [4.69, 9.17) is 0 Å². The molecule has 0 radical (unpaired) electrons. The van der Waals surface area contributed by atoms with Crippen molar-refractivity contribution in [1.82, 2.24) is 15.1 Å². The fourth-order valence-electron chi connectivity index (χ4n) is 1.82. The number of benzene rings is 1. The molecule has 0 amide bonds. The number of hydrogen-bond acceptors (Lipinski definition) is 4. The summed E-state index contributed by atoms with van der Waals surface area (Å²) in [5, 5.41) is 7.36. The third-order valence-corrected chi connectivity index (χ3v) is 2.90. The van der Waals surface area contributed by atoms with Gasteiger partial charge in [-0.3, -0.25) is 4.79 Å². The molecule has 0 spiro atoms. The molecule has 1 aromatic carbocycles. The quantitative estimate of drug-likeness (QED) is 0.827. The number of methoxy groups -OCH3 is 1. The molecule has 0 aliphatic heterocycles. The lowest BCUT2D eigenvalue weighted by molar-refractivity contribution is -0.142. The Morgan fingerprint density at radius 1 is 1.42 bits per heavy atom. The van der Waals surface area contributed by atoms with Gasteiger partial charge in [-0.1, -0.05) is 18.2 Å². The number of carbonyl (C=O) groups excluding carboxylic acids is 1. The summed E-state index contributed by atoms with van der Waals surface area (Å²) in [5.41, 5.74) is 2.07. The van der Waals surface area contributed by atoms with Gasteiger partial charge in [0, 0.05) is 18.9 Å². The molecule has 1 atom stereocenters. The molecule has 19 heavy (non-hydrogen) atoms. The molecule has 0 saturated heterocycles. The highest BCUT2D eigenvalue weighted by Crippen LogP contribution is 2.13. The second kappa shape index (κ2) is 6.15. The van der Waals surface area contributed by atoms with E-state index in [1.807, 2.05) is 36.5 Å². The number of ether oxygens (including phenoxy) is 1. The van der Waals surface area contributed by atoms with Gasteiger partial charge in [-0.25, -0.2) is 4.68 Å². The summed E-state index contributed by atoms with van der Waals surface area (Å²) in [7, 11) is 1.39. The lowest BCUT2D eigenvalue weighted by atomic mass is 10.1. The number of esters is 1. The van der Waals surface area contributed by atoms with Gasteiger partial charge in [0.15, 0.2) is 0 Å². The average Bonchev–Trinajstić information content (AvgIpc) is 2.98. The van der Waals surface area contributed by atoms with E-state index in [9.17, 15) is 4.79 Å². The number of carbonyl (C=O) groups is 1. The van der Waals surface area contributed by atoms with E-state index >= 15 is 0 Å². The zero-order valence-corrected chi connectivity index (χ0v) is 11.0. The lowest BCUT2D eigenvalue weighted by Gasteiger charge is -2.14. The summed E-state index contributed by atoms with van der Waals surface area (Å²) in [6.45, 7) is 2.36. The van der Waals surface area contributed by atoms with E-state index in [1.165, 1.54) is 7.11 Å². The lowest BCUT2D eigenvalue weighted by Crippen LogP contribution is -2.34. The molecule has 100 valence electrons. The van der Waals surface area contributed by atoms with Gasteiger partial charge in [-0.2, -0.15) is 5.10 Å². The van der Waals surface area contributed by atoms with Crippen LogP contribution in [0.25, 0.3) is 5.69 Å². The third kappa shape index (κ3) is 3.20. The zero-order valence-electron chi connectivity index (χ0n) is 11.0. The number of aromatic nitrogens is 2. The molecule has 1 N–H and O–H groups in total. The second-order valence-electron chi connectivity index (χ2n) is 4.21. The Bertz CT molecular complexity index is 537. The molecule has 0 bridgehead atoms. The van der Waals surface area contributed by atoms with Crippen molar-refractivity contribution < 1.29 is 9.53 Å². The van der Waals surface area contributed by atoms with Gasteiger partial charge in [0.25, 0.3) is 0 Å². The van der Waals surface area contributed by atoms with E-state index in [1.54, 1.807) is 17.8 Å². The minimum absolute atomic E-state index is 0.267. The normalized spacial score (nSPS) is 12.1. The van der Waals surface area contributed by atoms with Gasteiger partial charge in [-0.15, -0.1) is 0 Å². The van der Waals surface area contributed by atoms with Crippen LogP contribution in [0.3, 0.4) is 0 Å². The van der Waals surface area contributed by atoms with Crippen LogP contribution in [0.4, 0.5) is 0 Å². The Morgan fingerprint density at radius 2 is 2.21 bits per heavy atom. The van der Waals surface area contributed by atoms with Crippen molar-refractivity contribution in [3.8, 4) is 5.69 Å². The molecule has 0 aliphatic rings. The SMILES string of the molecule is COC(=O)C(C)NCc1ccccc1-n1cccn1. The number of nitrogens with zero attached hydrogens (tertiary/aromatic N) is 2. The van der Waals surface area contributed by atoms with Gasteiger partial charge in [-0.05, 0) is 24.6 Å². The van der Waals surface area contributed by atoms with E-state index in [0.29, 0.717) is 6.54 Å². The van der Waals surface area contributed by atoms with Crippen molar-refractivity contribution in [3.05, 3.63) is 48.3 Å². The summed E-state index contributed by atoms with van der Waals surface area (Å²) in [6.07, 6.45) is 3.63. The zero-order chi connectivity index (χ0) is 13.7. The Morgan fingerprint density at radius 3 is 2.89 bits per heavy atom. The molecule has 1 heterocycles. The Balaban J connectivity index is 2.11. The van der Waals surface area contributed by atoms with Gasteiger partial charge in [0.05, 0.1) is 12.8 Å². The molecule has 5 nitrogen and oxygen atoms in total. The molecule has 0 fully saturated rings. The van der Waals surface area contributed by atoms with Crippen molar-refractivity contribution in [2.24, 2.45) is 0 Å². The number of hydrogen-bond donors (Lipinski definition) is 1. The topological polar surface area (TPSA) is 56.1 Å². The van der Waals surface area contributed by atoms with Crippen LogP contribution in [-0.4, -0.2) is 28.9 Å². The predicted octanol–water partition coefficient (Wildman–Crippen LogP) is 1.52. The molecule has 2 aromatic rings. The summed E-state index contributed by atoms with van der Waals surface area (Å²) in [5.74, 6) is -0.267. The molecule has 1 aromatic heterocycles. The number of nitrogens with one attached hydrogen (secondary N) is 1. The molecule has 1 unspecified atom stereocenters. The van der Waals surface area contributed by atoms with Crippen molar-refractivity contribution in [2.75, 3.05) is 7.11 Å².